The maximum Gasteiger partial charge on any atom is 0.230 e. The fraction of sp³-hybridized carbons (Fsp3) is 0.615. The molecule has 0 amide bonds. The Morgan fingerprint density at radius 3 is 3.00 bits per heavy atom. The lowest BCUT2D eigenvalue weighted by atomic mass is 10.2. The van der Waals surface area contributed by atoms with Gasteiger partial charge in [-0.2, -0.15) is 5.10 Å². The van der Waals surface area contributed by atoms with Crippen molar-refractivity contribution in [1.29, 1.82) is 0 Å². The number of likely N-dealkylation sites (tertiary alicyclic amines) is 1. The van der Waals surface area contributed by atoms with Crippen LogP contribution in [0.3, 0.4) is 0 Å². The summed E-state index contributed by atoms with van der Waals surface area (Å²) in [7, 11) is 0. The predicted octanol–water partition coefficient (Wildman–Crippen LogP) is 1.49. The van der Waals surface area contributed by atoms with Gasteiger partial charge in [-0.05, 0) is 25.5 Å². The Bertz CT molecular complexity index is 507. The van der Waals surface area contributed by atoms with Gasteiger partial charge < -0.3 is 4.42 Å². The van der Waals surface area contributed by atoms with Gasteiger partial charge in [0.2, 0.25) is 11.8 Å². The minimum Gasteiger partial charge on any atom is -0.424 e. The van der Waals surface area contributed by atoms with Crippen molar-refractivity contribution in [2.24, 2.45) is 0 Å². The first-order valence-electron chi connectivity index (χ1n) is 6.88. The third-order valence-corrected chi connectivity index (χ3v) is 3.61. The molecule has 19 heavy (non-hydrogen) atoms. The second-order valence-electron chi connectivity index (χ2n) is 4.94. The molecule has 3 heterocycles. The first-order valence-corrected chi connectivity index (χ1v) is 6.88. The van der Waals surface area contributed by atoms with Gasteiger partial charge in [-0.15, -0.1) is 10.2 Å². The van der Waals surface area contributed by atoms with Gasteiger partial charge in [-0.25, -0.2) is 0 Å². The summed E-state index contributed by atoms with van der Waals surface area (Å²) in [6, 6.07) is 2.47. The van der Waals surface area contributed by atoms with Crippen LogP contribution in [0.1, 0.15) is 31.5 Å². The van der Waals surface area contributed by atoms with Crippen LogP contribution in [0.25, 0.3) is 0 Å². The summed E-state index contributed by atoms with van der Waals surface area (Å²) in [5.74, 6) is 1.45. The number of aromatic nitrogens is 4. The van der Waals surface area contributed by atoms with E-state index in [9.17, 15) is 0 Å². The van der Waals surface area contributed by atoms with E-state index in [2.05, 4.69) is 20.2 Å². The van der Waals surface area contributed by atoms with Crippen molar-refractivity contribution >= 4 is 0 Å². The first kappa shape index (κ1) is 12.3. The van der Waals surface area contributed by atoms with Crippen LogP contribution in [0, 0.1) is 0 Å². The third kappa shape index (κ3) is 2.84. The highest BCUT2D eigenvalue weighted by Gasteiger charge is 2.26. The van der Waals surface area contributed by atoms with Gasteiger partial charge in [0.15, 0.2) is 0 Å². The van der Waals surface area contributed by atoms with Crippen LogP contribution in [0.4, 0.5) is 0 Å². The Labute approximate surface area is 112 Å². The van der Waals surface area contributed by atoms with Crippen LogP contribution in [0.15, 0.2) is 22.9 Å². The molecule has 0 radical (unpaired) electrons. The van der Waals surface area contributed by atoms with Crippen LogP contribution in [-0.2, 0) is 19.5 Å². The molecule has 1 fully saturated rings. The zero-order chi connectivity index (χ0) is 13.1. The minimum absolute atomic E-state index is 0.511. The van der Waals surface area contributed by atoms with Crippen molar-refractivity contribution in [3.05, 3.63) is 30.2 Å². The quantitative estimate of drug-likeness (QED) is 0.816. The molecule has 0 N–H and O–H groups in total. The number of hydrogen-bond donors (Lipinski definition) is 0. The molecule has 1 aliphatic rings. The molecule has 102 valence electrons. The summed E-state index contributed by atoms with van der Waals surface area (Å²) < 4.78 is 7.59. The van der Waals surface area contributed by atoms with Crippen LogP contribution in [0.5, 0.6) is 0 Å². The van der Waals surface area contributed by atoms with Gasteiger partial charge in [0.1, 0.15) is 0 Å². The molecule has 1 aliphatic heterocycles. The maximum atomic E-state index is 5.59. The van der Waals surface area contributed by atoms with Crippen molar-refractivity contribution in [3.63, 3.8) is 0 Å². The van der Waals surface area contributed by atoms with E-state index in [1.54, 1.807) is 0 Å². The van der Waals surface area contributed by atoms with E-state index >= 15 is 0 Å². The second-order valence-corrected chi connectivity index (χ2v) is 4.94. The van der Waals surface area contributed by atoms with E-state index in [0.29, 0.717) is 6.04 Å². The van der Waals surface area contributed by atoms with Crippen molar-refractivity contribution in [2.75, 3.05) is 6.54 Å². The number of nitrogens with zero attached hydrogens (tertiary/aromatic N) is 5. The zero-order valence-corrected chi connectivity index (χ0v) is 11.2. The van der Waals surface area contributed by atoms with Gasteiger partial charge in [0.05, 0.1) is 13.1 Å². The van der Waals surface area contributed by atoms with Crippen LogP contribution >= 0.6 is 0 Å². The van der Waals surface area contributed by atoms with Gasteiger partial charge in [0.25, 0.3) is 0 Å². The number of hydrogen-bond acceptors (Lipinski definition) is 5. The lowest BCUT2D eigenvalue weighted by Crippen LogP contribution is -2.32. The van der Waals surface area contributed by atoms with Crippen molar-refractivity contribution in [2.45, 2.75) is 45.3 Å². The summed E-state index contributed by atoms with van der Waals surface area (Å²) >= 11 is 0. The monoisotopic (exact) mass is 261 g/mol. The molecule has 0 aromatic carbocycles. The average Bonchev–Trinajstić information content (AvgIpc) is 3.14. The van der Waals surface area contributed by atoms with Gasteiger partial charge >= 0.3 is 0 Å². The Balaban J connectivity index is 1.62. The van der Waals surface area contributed by atoms with E-state index in [4.69, 9.17) is 4.42 Å². The molecule has 0 aliphatic carbocycles. The van der Waals surface area contributed by atoms with Gasteiger partial charge in [0, 0.05) is 24.9 Å². The largest absolute Gasteiger partial charge is 0.424 e. The Morgan fingerprint density at radius 2 is 2.26 bits per heavy atom. The van der Waals surface area contributed by atoms with Gasteiger partial charge in [-0.3, -0.25) is 9.58 Å². The normalized spacial score (nSPS) is 20.2. The van der Waals surface area contributed by atoms with E-state index in [1.165, 1.54) is 12.8 Å². The number of aryl methyl sites for hydroxylation is 1. The van der Waals surface area contributed by atoms with E-state index in [1.807, 2.05) is 30.1 Å². The summed E-state index contributed by atoms with van der Waals surface area (Å²) in [6.07, 6.45) is 7.06. The minimum atomic E-state index is 0.511. The van der Waals surface area contributed by atoms with Crippen molar-refractivity contribution in [1.82, 2.24) is 24.9 Å². The molecule has 0 bridgehead atoms. The number of rotatable bonds is 5. The van der Waals surface area contributed by atoms with Crippen LogP contribution in [-0.4, -0.2) is 37.5 Å². The standard InChI is InChI=1S/C13H19N5O/c1-2-12-15-16-13(19-12)10-17-7-3-5-11(17)9-18-8-4-6-14-18/h4,6,8,11H,2-3,5,7,9-10H2,1H3/t11-/m1/s1. The molecule has 3 rings (SSSR count). The molecular weight excluding hydrogens is 242 g/mol. The summed E-state index contributed by atoms with van der Waals surface area (Å²) in [5, 5.41) is 12.4. The second kappa shape index (κ2) is 5.52. The summed E-state index contributed by atoms with van der Waals surface area (Å²) in [4.78, 5) is 2.41. The first-order chi connectivity index (χ1) is 9.35. The fourth-order valence-electron chi connectivity index (χ4n) is 2.60. The van der Waals surface area contributed by atoms with E-state index in [0.717, 1.165) is 37.8 Å². The zero-order valence-electron chi connectivity index (χ0n) is 11.2. The lowest BCUT2D eigenvalue weighted by molar-refractivity contribution is 0.198. The predicted molar refractivity (Wildman–Crippen MR) is 69.3 cm³/mol. The molecular formula is C13H19N5O. The SMILES string of the molecule is CCc1nnc(CN2CCC[C@@H]2Cn2cccn2)o1. The fourth-order valence-corrected chi connectivity index (χ4v) is 2.60. The average molecular weight is 261 g/mol. The molecule has 0 unspecified atom stereocenters. The maximum absolute atomic E-state index is 5.59. The molecule has 1 atom stereocenters. The lowest BCUT2D eigenvalue weighted by Gasteiger charge is -2.22. The van der Waals surface area contributed by atoms with Gasteiger partial charge in [-0.1, -0.05) is 6.92 Å². The molecule has 1 saturated heterocycles. The molecule has 0 saturated carbocycles. The van der Waals surface area contributed by atoms with Crippen LogP contribution < -0.4 is 0 Å². The third-order valence-electron chi connectivity index (χ3n) is 3.61. The highest BCUT2D eigenvalue weighted by Crippen LogP contribution is 2.21. The molecule has 6 nitrogen and oxygen atoms in total. The molecule has 2 aromatic heterocycles. The van der Waals surface area contributed by atoms with Crippen molar-refractivity contribution in [3.8, 4) is 0 Å². The van der Waals surface area contributed by atoms with Crippen LogP contribution in [0.2, 0.25) is 0 Å². The Hall–Kier alpha value is -1.69. The van der Waals surface area contributed by atoms with Crippen molar-refractivity contribution < 1.29 is 4.42 Å². The summed E-state index contributed by atoms with van der Waals surface area (Å²) in [6.45, 7) is 4.80. The molecule has 6 heteroatoms. The smallest absolute Gasteiger partial charge is 0.230 e. The van der Waals surface area contributed by atoms with E-state index < -0.39 is 0 Å². The summed E-state index contributed by atoms with van der Waals surface area (Å²) in [5.41, 5.74) is 0. The Morgan fingerprint density at radius 1 is 1.37 bits per heavy atom. The molecule has 2 aromatic rings. The highest BCUT2D eigenvalue weighted by atomic mass is 16.4. The highest BCUT2D eigenvalue weighted by molar-refractivity contribution is 4.87. The Kier molecular flexibility index (Phi) is 3.59. The topological polar surface area (TPSA) is 60.0 Å². The molecule has 0 spiro atoms. The van der Waals surface area contributed by atoms with E-state index in [-0.39, 0.29) is 0 Å².